The fourth-order valence-electron chi connectivity index (χ4n) is 3.73. The number of aromatic hydroxyl groups is 1. The van der Waals surface area contributed by atoms with Crippen LogP contribution in [0.5, 0.6) is 5.75 Å². The van der Waals surface area contributed by atoms with Crippen molar-refractivity contribution in [3.8, 4) is 5.75 Å². The Morgan fingerprint density at radius 2 is 1.60 bits per heavy atom. The zero-order valence-corrected chi connectivity index (χ0v) is 23.1. The number of benzene rings is 1. The van der Waals surface area contributed by atoms with Crippen molar-refractivity contribution in [2.24, 2.45) is 5.92 Å². The fourth-order valence-corrected chi connectivity index (χ4v) is 3.73. The molecule has 0 heterocycles. The van der Waals surface area contributed by atoms with Gasteiger partial charge in [-0.1, -0.05) is 19.9 Å². The quantitative estimate of drug-likeness (QED) is 0.434. The standard InChI is InChI=1S/C27H45N3O5/c1-16(2)11-12-19(6)30(25(33)20(7)29-26(34)35-27(8,9)10)23(24(32)28-17(3)4)21-13-14-22(31)18(5)15-21/h13-17,19-20,23,31H,11-12H2,1-10H3,(H,28,32)(H,29,34). The van der Waals surface area contributed by atoms with Crippen molar-refractivity contribution in [3.63, 3.8) is 0 Å². The van der Waals surface area contributed by atoms with Gasteiger partial charge in [0.25, 0.3) is 0 Å². The van der Waals surface area contributed by atoms with E-state index in [9.17, 15) is 19.5 Å². The first-order valence-electron chi connectivity index (χ1n) is 12.4. The van der Waals surface area contributed by atoms with Gasteiger partial charge < -0.3 is 25.4 Å². The SMILES string of the molecule is Cc1cc(C(C(=O)NC(C)C)N(C(=O)C(C)NC(=O)OC(C)(C)C)C(C)CCC(C)C)ccc1O. The van der Waals surface area contributed by atoms with Gasteiger partial charge in [-0.3, -0.25) is 9.59 Å². The Balaban J connectivity index is 3.48. The van der Waals surface area contributed by atoms with E-state index in [4.69, 9.17) is 4.74 Å². The first-order chi connectivity index (χ1) is 16.0. The number of aryl methyl sites for hydroxylation is 1. The minimum atomic E-state index is -0.936. The molecule has 0 bridgehead atoms. The molecule has 1 rings (SSSR count). The van der Waals surface area contributed by atoms with Gasteiger partial charge in [0.2, 0.25) is 11.8 Å². The van der Waals surface area contributed by atoms with Gasteiger partial charge in [-0.2, -0.15) is 0 Å². The van der Waals surface area contributed by atoms with Crippen molar-refractivity contribution in [2.45, 2.75) is 112 Å². The van der Waals surface area contributed by atoms with E-state index in [0.717, 1.165) is 6.42 Å². The molecule has 0 spiro atoms. The molecule has 0 aliphatic rings. The van der Waals surface area contributed by atoms with E-state index >= 15 is 0 Å². The Kier molecular flexibility index (Phi) is 11.1. The van der Waals surface area contributed by atoms with Crippen LogP contribution in [-0.2, 0) is 14.3 Å². The average molecular weight is 492 g/mol. The summed E-state index contributed by atoms with van der Waals surface area (Å²) in [4.78, 5) is 41.2. The number of phenols is 1. The first-order valence-corrected chi connectivity index (χ1v) is 12.4. The monoisotopic (exact) mass is 491 g/mol. The van der Waals surface area contributed by atoms with Crippen LogP contribution in [0.1, 0.15) is 92.3 Å². The van der Waals surface area contributed by atoms with Gasteiger partial charge >= 0.3 is 6.09 Å². The molecule has 0 saturated carbocycles. The number of nitrogens with one attached hydrogen (secondary N) is 2. The molecule has 0 aliphatic heterocycles. The average Bonchev–Trinajstić information content (AvgIpc) is 2.69. The van der Waals surface area contributed by atoms with E-state index in [1.807, 2.05) is 20.8 Å². The fraction of sp³-hybridized carbons (Fsp3) is 0.667. The molecule has 0 aliphatic carbocycles. The summed E-state index contributed by atoms with van der Waals surface area (Å²) in [5.74, 6) is -0.172. The number of hydrogen-bond donors (Lipinski definition) is 3. The highest BCUT2D eigenvalue weighted by Crippen LogP contribution is 2.30. The Morgan fingerprint density at radius 3 is 2.09 bits per heavy atom. The second-order valence-electron chi connectivity index (χ2n) is 11.0. The summed E-state index contributed by atoms with van der Waals surface area (Å²) < 4.78 is 5.32. The molecule has 198 valence electrons. The Hall–Kier alpha value is -2.77. The van der Waals surface area contributed by atoms with Gasteiger partial charge in [0.05, 0.1) is 0 Å². The molecule has 3 atom stereocenters. The lowest BCUT2D eigenvalue weighted by Crippen LogP contribution is -2.55. The second-order valence-corrected chi connectivity index (χ2v) is 11.0. The van der Waals surface area contributed by atoms with E-state index < -0.39 is 23.8 Å². The third-order valence-corrected chi connectivity index (χ3v) is 5.49. The normalized spacial score (nSPS) is 14.3. The van der Waals surface area contributed by atoms with Gasteiger partial charge in [0.15, 0.2) is 0 Å². The molecule has 0 radical (unpaired) electrons. The smallest absolute Gasteiger partial charge is 0.408 e. The first kappa shape index (κ1) is 30.3. The molecule has 3 N–H and O–H groups in total. The van der Waals surface area contributed by atoms with Crippen molar-refractivity contribution in [3.05, 3.63) is 29.3 Å². The molecule has 0 aromatic heterocycles. The van der Waals surface area contributed by atoms with Gasteiger partial charge in [0, 0.05) is 12.1 Å². The Bertz CT molecular complexity index is 876. The summed E-state index contributed by atoms with van der Waals surface area (Å²) in [6.45, 7) is 18.4. The van der Waals surface area contributed by atoms with E-state index in [1.54, 1.807) is 51.7 Å². The number of carbonyl (C=O) groups excluding carboxylic acids is 3. The number of amides is 3. The molecule has 0 saturated heterocycles. The highest BCUT2D eigenvalue weighted by Gasteiger charge is 2.37. The molecule has 1 aromatic carbocycles. The van der Waals surface area contributed by atoms with E-state index in [1.165, 1.54) is 6.07 Å². The maximum Gasteiger partial charge on any atom is 0.408 e. The predicted molar refractivity (Wildman–Crippen MR) is 138 cm³/mol. The molecule has 1 aromatic rings. The van der Waals surface area contributed by atoms with E-state index in [-0.39, 0.29) is 29.6 Å². The molecule has 0 fully saturated rings. The molecule has 35 heavy (non-hydrogen) atoms. The summed E-state index contributed by atoms with van der Waals surface area (Å²) in [6.07, 6.45) is 0.855. The van der Waals surface area contributed by atoms with Crippen LogP contribution in [0.3, 0.4) is 0 Å². The van der Waals surface area contributed by atoms with Crippen LogP contribution in [0.15, 0.2) is 18.2 Å². The third-order valence-electron chi connectivity index (χ3n) is 5.49. The van der Waals surface area contributed by atoms with Crippen LogP contribution in [0.4, 0.5) is 4.79 Å². The lowest BCUT2D eigenvalue weighted by atomic mass is 9.96. The largest absolute Gasteiger partial charge is 0.508 e. The third kappa shape index (κ3) is 9.78. The van der Waals surface area contributed by atoms with Crippen LogP contribution in [0.2, 0.25) is 0 Å². The van der Waals surface area contributed by atoms with Gasteiger partial charge in [-0.05, 0) is 97.4 Å². The molecule has 3 amide bonds. The number of carbonyl (C=O) groups is 3. The van der Waals surface area contributed by atoms with E-state index in [0.29, 0.717) is 23.5 Å². The van der Waals surface area contributed by atoms with Gasteiger partial charge in [-0.25, -0.2) is 4.79 Å². The molecular formula is C27H45N3O5. The number of phenolic OH excluding ortho intramolecular Hbond substituents is 1. The second kappa shape index (κ2) is 12.8. The highest BCUT2D eigenvalue weighted by molar-refractivity contribution is 5.92. The van der Waals surface area contributed by atoms with Crippen LogP contribution in [0.25, 0.3) is 0 Å². The van der Waals surface area contributed by atoms with Gasteiger partial charge in [0.1, 0.15) is 23.4 Å². The van der Waals surface area contributed by atoms with Crippen molar-refractivity contribution in [1.29, 1.82) is 0 Å². The zero-order valence-electron chi connectivity index (χ0n) is 23.1. The lowest BCUT2D eigenvalue weighted by molar-refractivity contribution is -0.145. The van der Waals surface area contributed by atoms with Gasteiger partial charge in [-0.15, -0.1) is 0 Å². The molecule has 8 heteroatoms. The summed E-state index contributed by atoms with van der Waals surface area (Å²) in [5, 5.41) is 15.6. The highest BCUT2D eigenvalue weighted by atomic mass is 16.6. The zero-order chi connectivity index (χ0) is 27.1. The molecule has 8 nitrogen and oxygen atoms in total. The van der Waals surface area contributed by atoms with Crippen LogP contribution < -0.4 is 10.6 Å². The van der Waals surface area contributed by atoms with Crippen LogP contribution in [0, 0.1) is 12.8 Å². The Labute approximate surface area is 210 Å². The summed E-state index contributed by atoms with van der Waals surface area (Å²) in [6, 6.07) is 2.64. The Morgan fingerprint density at radius 1 is 1.00 bits per heavy atom. The minimum Gasteiger partial charge on any atom is -0.508 e. The minimum absolute atomic E-state index is 0.113. The van der Waals surface area contributed by atoms with E-state index in [2.05, 4.69) is 24.5 Å². The molecule has 3 unspecified atom stereocenters. The molecular weight excluding hydrogens is 446 g/mol. The lowest BCUT2D eigenvalue weighted by Gasteiger charge is -2.38. The number of ether oxygens (including phenoxy) is 1. The van der Waals surface area contributed by atoms with Crippen molar-refractivity contribution in [2.75, 3.05) is 0 Å². The summed E-state index contributed by atoms with van der Waals surface area (Å²) >= 11 is 0. The van der Waals surface area contributed by atoms with Crippen molar-refractivity contribution < 1.29 is 24.2 Å². The van der Waals surface area contributed by atoms with Crippen molar-refractivity contribution in [1.82, 2.24) is 15.5 Å². The number of rotatable bonds is 10. The summed E-state index contributed by atoms with van der Waals surface area (Å²) in [5.41, 5.74) is 0.486. The number of nitrogens with zero attached hydrogens (tertiary/aromatic N) is 1. The topological polar surface area (TPSA) is 108 Å². The van der Waals surface area contributed by atoms with Crippen LogP contribution in [-0.4, -0.2) is 51.6 Å². The summed E-state index contributed by atoms with van der Waals surface area (Å²) in [7, 11) is 0. The van der Waals surface area contributed by atoms with Crippen molar-refractivity contribution >= 4 is 17.9 Å². The number of alkyl carbamates (subject to hydrolysis) is 1. The maximum absolute atomic E-state index is 13.8. The predicted octanol–water partition coefficient (Wildman–Crippen LogP) is 4.83. The maximum atomic E-state index is 13.8. The van der Waals surface area contributed by atoms with Crippen LogP contribution >= 0.6 is 0 Å². The number of hydrogen-bond acceptors (Lipinski definition) is 5.